The molecular formula is C23H28N2O4. The van der Waals surface area contributed by atoms with E-state index in [9.17, 15) is 5.11 Å². The summed E-state index contributed by atoms with van der Waals surface area (Å²) in [5.74, 6) is 2.36. The van der Waals surface area contributed by atoms with Crippen molar-refractivity contribution in [1.29, 1.82) is 5.26 Å². The van der Waals surface area contributed by atoms with Crippen LogP contribution in [0.4, 0.5) is 0 Å². The van der Waals surface area contributed by atoms with Gasteiger partial charge in [0.25, 0.3) is 0 Å². The van der Waals surface area contributed by atoms with Crippen molar-refractivity contribution in [1.82, 2.24) is 4.90 Å². The predicted molar refractivity (Wildman–Crippen MR) is 110 cm³/mol. The van der Waals surface area contributed by atoms with Gasteiger partial charge in [0.15, 0.2) is 11.5 Å². The molecule has 6 nitrogen and oxygen atoms in total. The second-order valence-corrected chi connectivity index (χ2v) is 7.23. The number of nitriles is 1. The Morgan fingerprint density at radius 3 is 2.72 bits per heavy atom. The van der Waals surface area contributed by atoms with Crippen molar-refractivity contribution < 1.29 is 19.3 Å². The predicted octanol–water partition coefficient (Wildman–Crippen LogP) is 3.31. The average Bonchev–Trinajstić information content (AvgIpc) is 3.21. The summed E-state index contributed by atoms with van der Waals surface area (Å²) in [7, 11) is 2.13. The van der Waals surface area contributed by atoms with Gasteiger partial charge < -0.3 is 24.2 Å². The van der Waals surface area contributed by atoms with E-state index in [0.29, 0.717) is 25.6 Å². The standard InChI is InChI=1S/C23H28N2O4/c1-25(12-9-19-5-7-22-23(15-19)29-17-28-22)11-2-3-13-27-21-6-4-18(8-10-24)14-20(21)16-26/h4-7,14-15,26H,2-3,8-9,11-13,16-17H2,1H3. The number of fused-ring (bicyclic) bond motifs is 1. The van der Waals surface area contributed by atoms with Crippen LogP contribution in [0.5, 0.6) is 17.2 Å². The van der Waals surface area contributed by atoms with Gasteiger partial charge in [-0.3, -0.25) is 0 Å². The number of aliphatic hydroxyl groups excluding tert-OH is 1. The molecule has 2 aromatic rings. The zero-order chi connectivity index (χ0) is 20.5. The van der Waals surface area contributed by atoms with Crippen LogP contribution in [0.25, 0.3) is 0 Å². The maximum atomic E-state index is 9.51. The first kappa shape index (κ1) is 21.0. The van der Waals surface area contributed by atoms with E-state index < -0.39 is 0 Å². The van der Waals surface area contributed by atoms with Crippen LogP contribution in [-0.4, -0.2) is 43.5 Å². The highest BCUT2D eigenvalue weighted by Gasteiger charge is 2.13. The molecule has 0 unspecified atom stereocenters. The number of unbranched alkanes of at least 4 members (excludes halogenated alkanes) is 1. The minimum absolute atomic E-state index is 0.0861. The molecule has 1 aliphatic rings. The summed E-state index contributed by atoms with van der Waals surface area (Å²) >= 11 is 0. The fraction of sp³-hybridized carbons (Fsp3) is 0.435. The molecule has 0 amide bonds. The fourth-order valence-electron chi connectivity index (χ4n) is 3.29. The second-order valence-electron chi connectivity index (χ2n) is 7.23. The van der Waals surface area contributed by atoms with Crippen LogP contribution in [-0.2, 0) is 19.4 Å². The highest BCUT2D eigenvalue weighted by atomic mass is 16.7. The Morgan fingerprint density at radius 1 is 1.07 bits per heavy atom. The lowest BCUT2D eigenvalue weighted by atomic mass is 10.1. The Hall–Kier alpha value is -2.75. The first-order valence-electron chi connectivity index (χ1n) is 9.99. The largest absolute Gasteiger partial charge is 0.493 e. The fourth-order valence-corrected chi connectivity index (χ4v) is 3.29. The van der Waals surface area contributed by atoms with Gasteiger partial charge in [0.1, 0.15) is 5.75 Å². The normalized spacial score (nSPS) is 12.2. The van der Waals surface area contributed by atoms with Crippen molar-refractivity contribution in [3.8, 4) is 23.3 Å². The molecule has 1 N–H and O–H groups in total. The van der Waals surface area contributed by atoms with Gasteiger partial charge in [-0.2, -0.15) is 5.26 Å². The Bertz CT molecular complexity index is 847. The molecule has 0 aromatic heterocycles. The number of likely N-dealkylation sites (N-methyl/N-ethyl adjacent to an activating group) is 1. The summed E-state index contributed by atoms with van der Waals surface area (Å²) in [5.41, 5.74) is 2.88. The van der Waals surface area contributed by atoms with Crippen molar-refractivity contribution in [3.05, 3.63) is 53.1 Å². The zero-order valence-electron chi connectivity index (χ0n) is 16.9. The van der Waals surface area contributed by atoms with Crippen LogP contribution in [0.15, 0.2) is 36.4 Å². The van der Waals surface area contributed by atoms with Crippen molar-refractivity contribution in [2.24, 2.45) is 0 Å². The Kier molecular flexibility index (Phi) is 7.74. The van der Waals surface area contributed by atoms with E-state index in [1.807, 2.05) is 24.3 Å². The lowest BCUT2D eigenvalue weighted by Gasteiger charge is -2.17. The highest BCUT2D eigenvalue weighted by molar-refractivity contribution is 5.44. The molecule has 0 fully saturated rings. The summed E-state index contributed by atoms with van der Waals surface area (Å²) in [6.45, 7) is 2.82. The molecule has 29 heavy (non-hydrogen) atoms. The van der Waals surface area contributed by atoms with E-state index >= 15 is 0 Å². The number of hydrogen-bond acceptors (Lipinski definition) is 6. The molecule has 1 heterocycles. The average molecular weight is 396 g/mol. The molecule has 2 aromatic carbocycles. The SMILES string of the molecule is CN(CCCCOc1ccc(CC#N)cc1CO)CCc1ccc2c(c1)OCO2. The molecule has 1 aliphatic heterocycles. The Labute approximate surface area is 172 Å². The minimum atomic E-state index is -0.0861. The molecule has 0 atom stereocenters. The lowest BCUT2D eigenvalue weighted by molar-refractivity contribution is 0.174. The third-order valence-corrected chi connectivity index (χ3v) is 4.99. The van der Waals surface area contributed by atoms with E-state index in [1.165, 1.54) is 5.56 Å². The molecule has 0 aliphatic carbocycles. The van der Waals surface area contributed by atoms with Gasteiger partial charge >= 0.3 is 0 Å². The first-order chi connectivity index (χ1) is 14.2. The molecule has 3 rings (SSSR count). The van der Waals surface area contributed by atoms with E-state index in [0.717, 1.165) is 55.0 Å². The molecule has 0 bridgehead atoms. The second kappa shape index (κ2) is 10.7. The molecule has 154 valence electrons. The van der Waals surface area contributed by atoms with Gasteiger partial charge in [-0.1, -0.05) is 12.1 Å². The number of ether oxygens (including phenoxy) is 3. The topological polar surface area (TPSA) is 75.0 Å². The third-order valence-electron chi connectivity index (χ3n) is 4.99. The van der Waals surface area contributed by atoms with Gasteiger partial charge in [0.05, 0.1) is 25.7 Å². The summed E-state index contributed by atoms with van der Waals surface area (Å²) in [5, 5.41) is 18.3. The smallest absolute Gasteiger partial charge is 0.231 e. The van der Waals surface area contributed by atoms with Crippen molar-refractivity contribution >= 4 is 0 Å². The zero-order valence-corrected chi connectivity index (χ0v) is 16.9. The van der Waals surface area contributed by atoms with Gasteiger partial charge in [-0.25, -0.2) is 0 Å². The van der Waals surface area contributed by atoms with E-state index in [1.54, 1.807) is 0 Å². The number of rotatable bonds is 11. The third kappa shape index (κ3) is 6.11. The molecule has 0 spiro atoms. The lowest BCUT2D eigenvalue weighted by Crippen LogP contribution is -2.22. The number of aliphatic hydroxyl groups is 1. The Balaban J connectivity index is 1.33. The van der Waals surface area contributed by atoms with E-state index in [4.69, 9.17) is 19.5 Å². The summed E-state index contributed by atoms with van der Waals surface area (Å²) < 4.78 is 16.6. The summed E-state index contributed by atoms with van der Waals surface area (Å²) in [6.07, 6.45) is 3.29. The van der Waals surface area contributed by atoms with E-state index in [2.05, 4.69) is 30.1 Å². The van der Waals surface area contributed by atoms with Crippen molar-refractivity contribution in [3.63, 3.8) is 0 Å². The van der Waals surface area contributed by atoms with Gasteiger partial charge in [0, 0.05) is 12.1 Å². The molecule has 0 saturated heterocycles. The number of benzene rings is 2. The highest BCUT2D eigenvalue weighted by Crippen LogP contribution is 2.32. The maximum absolute atomic E-state index is 9.51. The first-order valence-corrected chi connectivity index (χ1v) is 9.99. The van der Waals surface area contributed by atoms with Gasteiger partial charge in [-0.05, 0) is 68.2 Å². The quantitative estimate of drug-likeness (QED) is 0.588. The molecule has 0 saturated carbocycles. The molecule has 6 heteroatoms. The van der Waals surface area contributed by atoms with Crippen LogP contribution >= 0.6 is 0 Å². The molecular weight excluding hydrogens is 368 g/mol. The van der Waals surface area contributed by atoms with Crippen LogP contribution in [0.3, 0.4) is 0 Å². The summed E-state index contributed by atoms with van der Waals surface area (Å²) in [6, 6.07) is 13.8. The monoisotopic (exact) mass is 396 g/mol. The molecule has 0 radical (unpaired) electrons. The minimum Gasteiger partial charge on any atom is -0.493 e. The van der Waals surface area contributed by atoms with E-state index in [-0.39, 0.29) is 6.61 Å². The number of nitrogens with zero attached hydrogens (tertiary/aromatic N) is 2. The van der Waals surface area contributed by atoms with Crippen LogP contribution in [0.2, 0.25) is 0 Å². The van der Waals surface area contributed by atoms with Crippen LogP contribution in [0, 0.1) is 11.3 Å². The van der Waals surface area contributed by atoms with Crippen molar-refractivity contribution in [2.75, 3.05) is 33.5 Å². The van der Waals surface area contributed by atoms with Gasteiger partial charge in [-0.15, -0.1) is 0 Å². The maximum Gasteiger partial charge on any atom is 0.231 e. The van der Waals surface area contributed by atoms with Gasteiger partial charge in [0.2, 0.25) is 6.79 Å². The Morgan fingerprint density at radius 2 is 1.90 bits per heavy atom. The van der Waals surface area contributed by atoms with Crippen LogP contribution in [0.1, 0.15) is 29.5 Å². The van der Waals surface area contributed by atoms with Crippen LogP contribution < -0.4 is 14.2 Å². The van der Waals surface area contributed by atoms with Crippen molar-refractivity contribution in [2.45, 2.75) is 32.3 Å². The summed E-state index contributed by atoms with van der Waals surface area (Å²) in [4.78, 5) is 2.32. The number of hydrogen-bond donors (Lipinski definition) is 1.